The molecule has 3 nitrogen and oxygen atoms in total. The molecule has 0 aliphatic heterocycles. The van der Waals surface area contributed by atoms with Crippen molar-refractivity contribution in [2.45, 2.75) is 26.4 Å². The SMILES string of the molecule is CCc1ccccc1-c1csc(N(C)/N=C/c2ccc(C(F)(F)F)cc2C)n1. The molecule has 0 bridgehead atoms. The van der Waals surface area contributed by atoms with Crippen LogP contribution < -0.4 is 5.01 Å². The van der Waals surface area contributed by atoms with Crippen LogP contribution >= 0.6 is 11.3 Å². The minimum Gasteiger partial charge on any atom is -0.242 e. The number of hydrazone groups is 1. The molecule has 2 aromatic carbocycles. The molecule has 7 heteroatoms. The smallest absolute Gasteiger partial charge is 0.242 e. The van der Waals surface area contributed by atoms with E-state index in [4.69, 9.17) is 0 Å². The van der Waals surface area contributed by atoms with Crippen LogP contribution in [-0.2, 0) is 12.6 Å². The molecule has 3 aromatic rings. The molecule has 0 saturated heterocycles. The Hall–Kier alpha value is -2.67. The summed E-state index contributed by atoms with van der Waals surface area (Å²) in [4.78, 5) is 4.65. The van der Waals surface area contributed by atoms with Gasteiger partial charge in [0, 0.05) is 18.0 Å². The number of anilines is 1. The molecule has 1 heterocycles. The molecule has 0 unspecified atom stereocenters. The van der Waals surface area contributed by atoms with Gasteiger partial charge in [-0.25, -0.2) is 9.99 Å². The second kappa shape index (κ2) is 8.14. The number of alkyl halides is 3. The molecule has 0 atom stereocenters. The van der Waals surface area contributed by atoms with Crippen LogP contribution in [0.3, 0.4) is 0 Å². The lowest BCUT2D eigenvalue weighted by molar-refractivity contribution is -0.137. The minimum absolute atomic E-state index is 0.517. The molecule has 28 heavy (non-hydrogen) atoms. The number of nitrogens with zero attached hydrogens (tertiary/aromatic N) is 3. The van der Waals surface area contributed by atoms with Crippen molar-refractivity contribution >= 4 is 22.7 Å². The summed E-state index contributed by atoms with van der Waals surface area (Å²) in [7, 11) is 1.77. The van der Waals surface area contributed by atoms with Crippen molar-refractivity contribution in [1.29, 1.82) is 0 Å². The molecule has 0 aliphatic carbocycles. The van der Waals surface area contributed by atoms with E-state index < -0.39 is 11.7 Å². The highest BCUT2D eigenvalue weighted by atomic mass is 32.1. The maximum atomic E-state index is 12.8. The Kier molecular flexibility index (Phi) is 5.84. The van der Waals surface area contributed by atoms with Gasteiger partial charge >= 0.3 is 6.18 Å². The quantitative estimate of drug-likeness (QED) is 0.376. The van der Waals surface area contributed by atoms with E-state index in [1.54, 1.807) is 25.2 Å². The van der Waals surface area contributed by atoms with Crippen LogP contribution in [0, 0.1) is 6.92 Å². The third-order valence-electron chi connectivity index (χ3n) is 4.41. The molecule has 0 fully saturated rings. The predicted molar refractivity (Wildman–Crippen MR) is 109 cm³/mol. The Morgan fingerprint density at radius 3 is 2.61 bits per heavy atom. The topological polar surface area (TPSA) is 28.5 Å². The summed E-state index contributed by atoms with van der Waals surface area (Å²) in [6, 6.07) is 11.8. The van der Waals surface area contributed by atoms with E-state index in [1.807, 2.05) is 23.6 Å². The van der Waals surface area contributed by atoms with E-state index >= 15 is 0 Å². The van der Waals surface area contributed by atoms with Crippen LogP contribution in [-0.4, -0.2) is 18.2 Å². The van der Waals surface area contributed by atoms with E-state index in [0.717, 1.165) is 29.8 Å². The van der Waals surface area contributed by atoms with Crippen molar-refractivity contribution in [3.8, 4) is 11.3 Å². The summed E-state index contributed by atoms with van der Waals surface area (Å²) in [5.41, 5.74) is 3.71. The normalized spacial score (nSPS) is 11.9. The average Bonchev–Trinajstić information content (AvgIpc) is 3.16. The van der Waals surface area contributed by atoms with Crippen molar-refractivity contribution in [3.63, 3.8) is 0 Å². The molecule has 0 amide bonds. The molecular formula is C21H20F3N3S. The first-order valence-corrected chi connectivity index (χ1v) is 9.67. The third kappa shape index (κ3) is 4.42. The lowest BCUT2D eigenvalue weighted by atomic mass is 10.0. The van der Waals surface area contributed by atoms with Crippen molar-refractivity contribution in [2.24, 2.45) is 5.10 Å². The van der Waals surface area contributed by atoms with E-state index in [0.29, 0.717) is 16.3 Å². The first-order chi connectivity index (χ1) is 13.3. The number of aromatic nitrogens is 1. The molecule has 0 N–H and O–H groups in total. The van der Waals surface area contributed by atoms with Crippen LogP contribution in [0.2, 0.25) is 0 Å². The number of benzene rings is 2. The highest BCUT2D eigenvalue weighted by Gasteiger charge is 2.30. The first kappa shape index (κ1) is 20.1. The van der Waals surface area contributed by atoms with Crippen LogP contribution in [0.15, 0.2) is 52.9 Å². The summed E-state index contributed by atoms with van der Waals surface area (Å²) >= 11 is 1.47. The Balaban J connectivity index is 1.79. The molecule has 0 spiro atoms. The van der Waals surface area contributed by atoms with Crippen molar-refractivity contribution < 1.29 is 13.2 Å². The van der Waals surface area contributed by atoms with Gasteiger partial charge in [-0.05, 0) is 42.2 Å². The molecular weight excluding hydrogens is 383 g/mol. The fourth-order valence-corrected chi connectivity index (χ4v) is 3.56. The fourth-order valence-electron chi connectivity index (χ4n) is 2.81. The van der Waals surface area contributed by atoms with Gasteiger partial charge < -0.3 is 0 Å². The van der Waals surface area contributed by atoms with Crippen LogP contribution in [0.1, 0.15) is 29.2 Å². The van der Waals surface area contributed by atoms with E-state index in [9.17, 15) is 13.2 Å². The number of halogens is 3. The standard InChI is InChI=1S/C21H20F3N3S/c1-4-15-7-5-6-8-18(15)19-13-28-20(26-19)27(3)25-12-16-9-10-17(11-14(16)2)21(22,23)24/h5-13H,4H2,1-3H3/b25-12+. The second-order valence-corrected chi connectivity index (χ2v) is 7.20. The fraction of sp³-hybridized carbons (Fsp3) is 0.238. The van der Waals surface area contributed by atoms with Gasteiger partial charge in [-0.3, -0.25) is 0 Å². The van der Waals surface area contributed by atoms with Crippen molar-refractivity contribution in [2.75, 3.05) is 12.1 Å². The summed E-state index contributed by atoms with van der Waals surface area (Å²) in [6.45, 7) is 3.74. The monoisotopic (exact) mass is 403 g/mol. The van der Waals surface area contributed by atoms with Crippen LogP contribution in [0.25, 0.3) is 11.3 Å². The van der Waals surface area contributed by atoms with E-state index in [2.05, 4.69) is 23.1 Å². The van der Waals surface area contributed by atoms with Crippen molar-refractivity contribution in [1.82, 2.24) is 4.98 Å². The van der Waals surface area contributed by atoms with Gasteiger partial charge in [-0.2, -0.15) is 18.3 Å². The number of hydrogen-bond acceptors (Lipinski definition) is 4. The molecule has 0 saturated carbocycles. The molecule has 1 aromatic heterocycles. The zero-order valence-electron chi connectivity index (χ0n) is 15.8. The highest BCUT2D eigenvalue weighted by Crippen LogP contribution is 2.31. The Morgan fingerprint density at radius 1 is 1.18 bits per heavy atom. The summed E-state index contributed by atoms with van der Waals surface area (Å²) < 4.78 is 38.3. The van der Waals surface area contributed by atoms with E-state index in [1.165, 1.54) is 23.0 Å². The maximum Gasteiger partial charge on any atom is 0.416 e. The largest absolute Gasteiger partial charge is 0.416 e. The number of hydrogen-bond donors (Lipinski definition) is 0. The van der Waals surface area contributed by atoms with Gasteiger partial charge in [0.1, 0.15) is 0 Å². The van der Waals surface area contributed by atoms with Gasteiger partial charge in [-0.15, -0.1) is 11.3 Å². The molecule has 3 rings (SSSR count). The zero-order chi connectivity index (χ0) is 20.3. The van der Waals surface area contributed by atoms with Gasteiger partial charge in [0.15, 0.2) is 0 Å². The number of rotatable bonds is 5. The summed E-state index contributed by atoms with van der Waals surface area (Å²) in [5, 5.41) is 8.66. The number of thiazole rings is 1. The maximum absolute atomic E-state index is 12.8. The van der Waals surface area contributed by atoms with Gasteiger partial charge in [0.25, 0.3) is 0 Å². The Morgan fingerprint density at radius 2 is 1.93 bits per heavy atom. The van der Waals surface area contributed by atoms with Crippen LogP contribution in [0.4, 0.5) is 18.3 Å². The minimum atomic E-state index is -4.34. The third-order valence-corrected chi connectivity index (χ3v) is 5.32. The summed E-state index contributed by atoms with van der Waals surface area (Å²) in [6.07, 6.45) is -1.87. The number of aryl methyl sites for hydroxylation is 2. The van der Waals surface area contributed by atoms with E-state index in [-0.39, 0.29) is 0 Å². The lowest BCUT2D eigenvalue weighted by Gasteiger charge is -2.11. The molecule has 0 radical (unpaired) electrons. The molecule has 146 valence electrons. The van der Waals surface area contributed by atoms with Gasteiger partial charge in [0.05, 0.1) is 17.5 Å². The highest BCUT2D eigenvalue weighted by molar-refractivity contribution is 7.14. The van der Waals surface area contributed by atoms with Crippen molar-refractivity contribution in [3.05, 3.63) is 70.1 Å². The lowest BCUT2D eigenvalue weighted by Crippen LogP contribution is -2.09. The summed E-state index contributed by atoms with van der Waals surface area (Å²) in [5.74, 6) is 0. The van der Waals surface area contributed by atoms with Crippen LogP contribution in [0.5, 0.6) is 0 Å². The van der Waals surface area contributed by atoms with Gasteiger partial charge in [-0.1, -0.05) is 37.3 Å². The molecule has 0 aliphatic rings. The van der Waals surface area contributed by atoms with Gasteiger partial charge in [0.2, 0.25) is 5.13 Å². The Bertz CT molecular complexity index is 993. The zero-order valence-corrected chi connectivity index (χ0v) is 16.6. The second-order valence-electron chi connectivity index (χ2n) is 6.36. The predicted octanol–water partition coefficient (Wildman–Crippen LogP) is 6.17. The Labute approximate surface area is 166 Å². The average molecular weight is 403 g/mol. The first-order valence-electron chi connectivity index (χ1n) is 8.79.